The van der Waals surface area contributed by atoms with Gasteiger partial charge >= 0.3 is 0 Å². The molecule has 0 spiro atoms. The molecule has 25 heavy (non-hydrogen) atoms. The van der Waals surface area contributed by atoms with Gasteiger partial charge in [0.15, 0.2) is 0 Å². The Morgan fingerprint density at radius 3 is 2.68 bits per heavy atom. The van der Waals surface area contributed by atoms with Crippen LogP contribution in [0.25, 0.3) is 11.3 Å². The smallest absolute Gasteiger partial charge is 0.141 e. The Bertz CT molecular complexity index is 922. The highest BCUT2D eigenvalue weighted by atomic mass is 35.5. The topological polar surface area (TPSA) is 41.9 Å². The van der Waals surface area contributed by atoms with E-state index in [4.69, 9.17) is 16.6 Å². The van der Waals surface area contributed by atoms with Crippen molar-refractivity contribution in [3.63, 3.8) is 0 Å². The van der Waals surface area contributed by atoms with Crippen molar-refractivity contribution in [2.45, 2.75) is 13.1 Å². The number of anilines is 2. The van der Waals surface area contributed by atoms with Crippen LogP contribution in [0.3, 0.4) is 0 Å². The van der Waals surface area contributed by atoms with Gasteiger partial charge in [0.1, 0.15) is 29.0 Å². The highest BCUT2D eigenvalue weighted by Crippen LogP contribution is 2.33. The molecule has 0 fully saturated rings. The van der Waals surface area contributed by atoms with Gasteiger partial charge in [0.05, 0.1) is 11.6 Å². The molecule has 0 saturated carbocycles. The molecule has 2 N–H and O–H groups in total. The van der Waals surface area contributed by atoms with Crippen LogP contribution in [0.5, 0.6) is 0 Å². The van der Waals surface area contributed by atoms with Gasteiger partial charge < -0.3 is 15.2 Å². The molecule has 1 aliphatic heterocycles. The van der Waals surface area contributed by atoms with Crippen LogP contribution in [-0.2, 0) is 13.1 Å². The Hall–Kier alpha value is -2.44. The molecule has 0 radical (unpaired) electrons. The lowest BCUT2D eigenvalue weighted by Gasteiger charge is -2.18. The first-order valence-electron chi connectivity index (χ1n) is 7.90. The van der Waals surface area contributed by atoms with Crippen LogP contribution in [0.15, 0.2) is 42.5 Å². The standard InChI is InChI=1S/C18H15ClF2N4/c19-14-9-13(5-6-15(14)21)23-18-17(11-1-3-12(20)4-2-11)24-16-10-22-7-8-25(16)18/h1-6,9,22-23H,7-8,10H2. The second-order valence-corrected chi connectivity index (χ2v) is 6.22. The van der Waals surface area contributed by atoms with E-state index in [1.54, 1.807) is 18.2 Å². The summed E-state index contributed by atoms with van der Waals surface area (Å²) in [6.45, 7) is 2.23. The third-order valence-electron chi connectivity index (χ3n) is 4.14. The zero-order valence-electron chi connectivity index (χ0n) is 13.2. The molecule has 0 saturated heterocycles. The van der Waals surface area contributed by atoms with E-state index in [1.807, 2.05) is 0 Å². The van der Waals surface area contributed by atoms with Crippen LogP contribution in [0.4, 0.5) is 20.3 Å². The van der Waals surface area contributed by atoms with Crippen LogP contribution >= 0.6 is 11.6 Å². The second kappa shape index (κ2) is 6.46. The predicted molar refractivity (Wildman–Crippen MR) is 94.0 cm³/mol. The minimum atomic E-state index is -0.467. The first-order valence-corrected chi connectivity index (χ1v) is 8.28. The van der Waals surface area contributed by atoms with E-state index in [0.29, 0.717) is 12.2 Å². The number of rotatable bonds is 3. The van der Waals surface area contributed by atoms with Gasteiger partial charge in [0.2, 0.25) is 0 Å². The Kier molecular flexibility index (Phi) is 4.15. The first-order chi connectivity index (χ1) is 12.1. The summed E-state index contributed by atoms with van der Waals surface area (Å²) >= 11 is 5.88. The lowest BCUT2D eigenvalue weighted by Crippen LogP contribution is -2.28. The van der Waals surface area contributed by atoms with Gasteiger partial charge in [-0.25, -0.2) is 13.8 Å². The van der Waals surface area contributed by atoms with Crippen LogP contribution in [0.2, 0.25) is 5.02 Å². The molecule has 2 heterocycles. The van der Waals surface area contributed by atoms with Gasteiger partial charge in [0, 0.05) is 24.3 Å². The Labute approximate surface area is 148 Å². The highest BCUT2D eigenvalue weighted by molar-refractivity contribution is 6.31. The molecule has 128 valence electrons. The quantitative estimate of drug-likeness (QED) is 0.730. The number of hydrogen-bond acceptors (Lipinski definition) is 3. The van der Waals surface area contributed by atoms with Crippen molar-refractivity contribution in [2.75, 3.05) is 11.9 Å². The fourth-order valence-corrected chi connectivity index (χ4v) is 3.09. The molecule has 1 aliphatic rings. The molecular weight excluding hydrogens is 346 g/mol. The van der Waals surface area contributed by atoms with Crippen molar-refractivity contribution in [3.8, 4) is 11.3 Å². The van der Waals surface area contributed by atoms with Crippen molar-refractivity contribution in [2.24, 2.45) is 0 Å². The molecule has 4 rings (SSSR count). The third kappa shape index (κ3) is 3.10. The fourth-order valence-electron chi connectivity index (χ4n) is 2.91. The monoisotopic (exact) mass is 360 g/mol. The lowest BCUT2D eigenvalue weighted by molar-refractivity contribution is 0.509. The van der Waals surface area contributed by atoms with E-state index < -0.39 is 5.82 Å². The summed E-state index contributed by atoms with van der Waals surface area (Å²) in [6, 6.07) is 10.7. The van der Waals surface area contributed by atoms with Crippen molar-refractivity contribution in [1.82, 2.24) is 14.9 Å². The second-order valence-electron chi connectivity index (χ2n) is 5.81. The Morgan fingerprint density at radius 1 is 1.12 bits per heavy atom. The molecule has 0 atom stereocenters. The molecule has 3 aromatic rings. The van der Waals surface area contributed by atoms with Crippen LogP contribution in [0.1, 0.15) is 5.82 Å². The molecule has 0 amide bonds. The van der Waals surface area contributed by atoms with E-state index in [2.05, 4.69) is 15.2 Å². The Morgan fingerprint density at radius 2 is 1.92 bits per heavy atom. The van der Waals surface area contributed by atoms with Crippen molar-refractivity contribution in [1.29, 1.82) is 0 Å². The summed E-state index contributed by atoms with van der Waals surface area (Å²) in [4.78, 5) is 4.70. The van der Waals surface area contributed by atoms with Gasteiger partial charge in [-0.05, 0) is 42.5 Å². The summed E-state index contributed by atoms with van der Waals surface area (Å²) in [6.07, 6.45) is 0. The minimum Gasteiger partial charge on any atom is -0.340 e. The average molecular weight is 361 g/mol. The van der Waals surface area contributed by atoms with E-state index >= 15 is 0 Å². The number of nitrogens with zero attached hydrogens (tertiary/aromatic N) is 2. The van der Waals surface area contributed by atoms with Crippen molar-refractivity contribution in [3.05, 3.63) is 64.9 Å². The predicted octanol–water partition coefficient (Wildman–Crippen LogP) is 4.33. The molecule has 0 unspecified atom stereocenters. The lowest BCUT2D eigenvalue weighted by atomic mass is 10.1. The maximum atomic E-state index is 13.4. The molecule has 1 aromatic heterocycles. The zero-order valence-corrected chi connectivity index (χ0v) is 13.9. The summed E-state index contributed by atoms with van der Waals surface area (Å²) in [5.41, 5.74) is 2.19. The minimum absolute atomic E-state index is 0.0494. The summed E-state index contributed by atoms with van der Waals surface area (Å²) in [7, 11) is 0. The third-order valence-corrected chi connectivity index (χ3v) is 4.43. The van der Waals surface area contributed by atoms with Crippen molar-refractivity contribution >= 4 is 23.1 Å². The number of halogens is 3. The number of aromatic nitrogens is 2. The molecule has 0 bridgehead atoms. The van der Waals surface area contributed by atoms with E-state index in [0.717, 1.165) is 36.0 Å². The summed E-state index contributed by atoms with van der Waals surface area (Å²) in [5, 5.41) is 6.62. The van der Waals surface area contributed by atoms with E-state index in [1.165, 1.54) is 24.3 Å². The molecule has 2 aromatic carbocycles. The molecule has 7 heteroatoms. The van der Waals surface area contributed by atoms with Gasteiger partial charge in [-0.15, -0.1) is 0 Å². The van der Waals surface area contributed by atoms with Crippen LogP contribution in [0, 0.1) is 11.6 Å². The normalized spacial score (nSPS) is 13.6. The SMILES string of the molecule is Fc1ccc(-c2nc3n(c2Nc2ccc(F)c(Cl)c2)CCNC3)cc1. The number of benzene rings is 2. The first kappa shape index (κ1) is 16.1. The number of fused-ring (bicyclic) bond motifs is 1. The maximum Gasteiger partial charge on any atom is 0.141 e. The fraction of sp³-hybridized carbons (Fsp3) is 0.167. The summed E-state index contributed by atoms with van der Waals surface area (Å²) in [5.74, 6) is 0.909. The summed E-state index contributed by atoms with van der Waals surface area (Å²) < 4.78 is 28.7. The molecule has 4 nitrogen and oxygen atoms in total. The highest BCUT2D eigenvalue weighted by Gasteiger charge is 2.21. The van der Waals surface area contributed by atoms with E-state index in [9.17, 15) is 8.78 Å². The number of nitrogens with one attached hydrogen (secondary N) is 2. The Balaban J connectivity index is 1.80. The maximum absolute atomic E-state index is 13.4. The van der Waals surface area contributed by atoms with Gasteiger partial charge in [-0.3, -0.25) is 0 Å². The van der Waals surface area contributed by atoms with Gasteiger partial charge in [-0.2, -0.15) is 0 Å². The van der Waals surface area contributed by atoms with Crippen LogP contribution < -0.4 is 10.6 Å². The number of hydrogen-bond donors (Lipinski definition) is 2. The van der Waals surface area contributed by atoms with Gasteiger partial charge in [-0.1, -0.05) is 11.6 Å². The average Bonchev–Trinajstić information content (AvgIpc) is 2.97. The molecular formula is C18H15ClF2N4. The largest absolute Gasteiger partial charge is 0.340 e. The number of imidazole rings is 1. The zero-order chi connectivity index (χ0) is 17.4. The van der Waals surface area contributed by atoms with Crippen molar-refractivity contribution < 1.29 is 8.78 Å². The molecule has 0 aliphatic carbocycles. The van der Waals surface area contributed by atoms with Gasteiger partial charge in [0.25, 0.3) is 0 Å². The van der Waals surface area contributed by atoms with E-state index in [-0.39, 0.29) is 10.8 Å². The van der Waals surface area contributed by atoms with Crippen LogP contribution in [-0.4, -0.2) is 16.1 Å².